The van der Waals surface area contributed by atoms with Crippen LogP contribution in [0.5, 0.6) is 0 Å². The second kappa shape index (κ2) is 6.05. The minimum absolute atomic E-state index is 0.00560. The van der Waals surface area contributed by atoms with Crippen molar-refractivity contribution >= 4 is 5.91 Å². The minimum atomic E-state index is -4.15. The molecule has 1 amide bonds. The Morgan fingerprint density at radius 3 is 2.25 bits per heavy atom. The Hall–Kier alpha value is -0.820. The van der Waals surface area contributed by atoms with Gasteiger partial charge in [0.1, 0.15) is 0 Å². The van der Waals surface area contributed by atoms with E-state index in [0.29, 0.717) is 0 Å². The normalized spacial score (nSPS) is 15.8. The Morgan fingerprint density at radius 1 is 1.25 bits per heavy atom. The molecule has 0 aromatic carbocycles. The monoisotopic (exact) mass is 242 g/mol. The van der Waals surface area contributed by atoms with E-state index in [1.54, 1.807) is 0 Å². The fourth-order valence-corrected chi connectivity index (χ4v) is 0.884. The molecule has 0 fully saturated rings. The van der Waals surface area contributed by atoms with Gasteiger partial charge in [-0.3, -0.25) is 4.79 Å². The molecule has 0 aliphatic carbocycles. The van der Waals surface area contributed by atoms with E-state index in [4.69, 9.17) is 16.2 Å². The SMILES string of the molecule is CC(N)(CCOCCCC(F)(F)F)C(N)=O. The maximum Gasteiger partial charge on any atom is 0.389 e. The smallest absolute Gasteiger partial charge is 0.381 e. The number of alkyl halides is 3. The highest BCUT2D eigenvalue weighted by Crippen LogP contribution is 2.21. The second-order valence-electron chi connectivity index (χ2n) is 3.86. The molecule has 0 saturated heterocycles. The predicted octanol–water partition coefficient (Wildman–Crippen LogP) is 0.938. The van der Waals surface area contributed by atoms with Gasteiger partial charge in [0.15, 0.2) is 0 Å². The van der Waals surface area contributed by atoms with E-state index in [0.717, 1.165) is 0 Å². The molecule has 0 aromatic heterocycles. The van der Waals surface area contributed by atoms with E-state index in [1.807, 2.05) is 0 Å². The highest BCUT2D eigenvalue weighted by atomic mass is 19.4. The van der Waals surface area contributed by atoms with Crippen molar-refractivity contribution in [3.8, 4) is 0 Å². The summed E-state index contributed by atoms with van der Waals surface area (Å²) >= 11 is 0. The maximum atomic E-state index is 11.7. The molecule has 0 heterocycles. The van der Waals surface area contributed by atoms with E-state index in [-0.39, 0.29) is 26.1 Å². The lowest BCUT2D eigenvalue weighted by Gasteiger charge is -2.19. The number of ether oxygens (including phenoxy) is 1. The van der Waals surface area contributed by atoms with Crippen LogP contribution in [-0.4, -0.2) is 30.8 Å². The zero-order chi connectivity index (χ0) is 12.8. The van der Waals surface area contributed by atoms with Gasteiger partial charge in [-0.15, -0.1) is 0 Å². The average Bonchev–Trinajstić information content (AvgIpc) is 2.09. The molecule has 16 heavy (non-hydrogen) atoms. The summed E-state index contributed by atoms with van der Waals surface area (Å²) in [5.74, 6) is -0.661. The summed E-state index contributed by atoms with van der Waals surface area (Å²) in [6.45, 7) is 1.57. The van der Waals surface area contributed by atoms with Gasteiger partial charge >= 0.3 is 6.18 Å². The number of amides is 1. The zero-order valence-electron chi connectivity index (χ0n) is 9.14. The van der Waals surface area contributed by atoms with Gasteiger partial charge in [0.25, 0.3) is 0 Å². The van der Waals surface area contributed by atoms with Gasteiger partial charge in [0, 0.05) is 19.6 Å². The lowest BCUT2D eigenvalue weighted by molar-refractivity contribution is -0.137. The van der Waals surface area contributed by atoms with Crippen molar-refractivity contribution < 1.29 is 22.7 Å². The minimum Gasteiger partial charge on any atom is -0.381 e. The van der Waals surface area contributed by atoms with Crippen LogP contribution in [-0.2, 0) is 9.53 Å². The molecule has 0 radical (unpaired) electrons. The van der Waals surface area contributed by atoms with E-state index < -0.39 is 24.0 Å². The summed E-state index contributed by atoms with van der Waals surface area (Å²) in [6.07, 6.45) is -4.93. The Kier molecular flexibility index (Phi) is 5.74. The number of hydrogen-bond acceptors (Lipinski definition) is 3. The fourth-order valence-electron chi connectivity index (χ4n) is 0.884. The number of hydrogen-bond donors (Lipinski definition) is 2. The molecule has 0 spiro atoms. The third-order valence-corrected chi connectivity index (χ3v) is 2.08. The Morgan fingerprint density at radius 2 is 1.81 bits per heavy atom. The summed E-state index contributed by atoms with van der Waals surface area (Å²) in [5.41, 5.74) is 9.33. The van der Waals surface area contributed by atoms with Crippen LogP contribution in [0.2, 0.25) is 0 Å². The summed E-state index contributed by atoms with van der Waals surface area (Å²) < 4.78 is 40.1. The zero-order valence-corrected chi connectivity index (χ0v) is 9.14. The van der Waals surface area contributed by atoms with Crippen LogP contribution < -0.4 is 11.5 Å². The molecule has 4 N–H and O–H groups in total. The largest absolute Gasteiger partial charge is 0.389 e. The summed E-state index contributed by atoms with van der Waals surface area (Å²) in [7, 11) is 0. The molecule has 7 heteroatoms. The topological polar surface area (TPSA) is 78.3 Å². The van der Waals surface area contributed by atoms with Crippen molar-refractivity contribution in [2.75, 3.05) is 13.2 Å². The standard InChI is InChI=1S/C9H17F3N2O2/c1-8(14,7(13)15)4-6-16-5-2-3-9(10,11)12/h2-6,14H2,1H3,(H2,13,15). The van der Waals surface area contributed by atoms with Gasteiger partial charge in [-0.2, -0.15) is 13.2 Å². The lowest BCUT2D eigenvalue weighted by atomic mass is 9.99. The van der Waals surface area contributed by atoms with Gasteiger partial charge < -0.3 is 16.2 Å². The quantitative estimate of drug-likeness (QED) is 0.652. The average molecular weight is 242 g/mol. The Bertz CT molecular complexity index is 229. The van der Waals surface area contributed by atoms with Crippen LogP contribution >= 0.6 is 0 Å². The molecular weight excluding hydrogens is 225 g/mol. The van der Waals surface area contributed by atoms with Gasteiger partial charge in [-0.25, -0.2) is 0 Å². The predicted molar refractivity (Wildman–Crippen MR) is 52.5 cm³/mol. The van der Waals surface area contributed by atoms with Crippen molar-refractivity contribution in [3.63, 3.8) is 0 Å². The molecular formula is C9H17F3N2O2. The number of nitrogens with two attached hydrogens (primary N) is 2. The van der Waals surface area contributed by atoms with E-state index in [9.17, 15) is 18.0 Å². The maximum absolute atomic E-state index is 11.7. The Balaban J connectivity index is 3.52. The van der Waals surface area contributed by atoms with Crippen LogP contribution in [0, 0.1) is 0 Å². The van der Waals surface area contributed by atoms with Crippen LogP contribution in [0.3, 0.4) is 0 Å². The van der Waals surface area contributed by atoms with Crippen molar-refractivity contribution in [1.29, 1.82) is 0 Å². The molecule has 96 valence electrons. The molecule has 0 aromatic rings. The molecule has 0 aliphatic heterocycles. The first kappa shape index (κ1) is 15.2. The molecule has 4 nitrogen and oxygen atoms in total. The number of primary amides is 1. The van der Waals surface area contributed by atoms with Crippen molar-refractivity contribution in [1.82, 2.24) is 0 Å². The van der Waals surface area contributed by atoms with Crippen LogP contribution in [0.4, 0.5) is 13.2 Å². The Labute approximate surface area is 92.1 Å². The third kappa shape index (κ3) is 7.47. The van der Waals surface area contributed by atoms with E-state index >= 15 is 0 Å². The van der Waals surface area contributed by atoms with Gasteiger partial charge in [0.05, 0.1) is 5.54 Å². The van der Waals surface area contributed by atoms with Crippen molar-refractivity contribution in [3.05, 3.63) is 0 Å². The summed E-state index contributed by atoms with van der Waals surface area (Å²) in [5, 5.41) is 0. The number of halogens is 3. The van der Waals surface area contributed by atoms with Gasteiger partial charge in [-0.05, 0) is 19.8 Å². The molecule has 1 unspecified atom stereocenters. The first-order valence-electron chi connectivity index (χ1n) is 4.88. The van der Waals surface area contributed by atoms with E-state index in [1.165, 1.54) is 6.92 Å². The first-order valence-corrected chi connectivity index (χ1v) is 4.88. The number of carbonyl (C=O) groups excluding carboxylic acids is 1. The van der Waals surface area contributed by atoms with Crippen LogP contribution in [0.1, 0.15) is 26.2 Å². The van der Waals surface area contributed by atoms with Crippen LogP contribution in [0.25, 0.3) is 0 Å². The first-order chi connectivity index (χ1) is 7.15. The summed E-state index contributed by atoms with van der Waals surface area (Å²) in [6, 6.07) is 0. The van der Waals surface area contributed by atoms with Crippen molar-refractivity contribution in [2.24, 2.45) is 11.5 Å². The molecule has 0 bridgehead atoms. The highest BCUT2D eigenvalue weighted by molar-refractivity contribution is 5.83. The van der Waals surface area contributed by atoms with Gasteiger partial charge in [0.2, 0.25) is 5.91 Å². The third-order valence-electron chi connectivity index (χ3n) is 2.08. The van der Waals surface area contributed by atoms with E-state index in [2.05, 4.69) is 0 Å². The highest BCUT2D eigenvalue weighted by Gasteiger charge is 2.27. The second-order valence-corrected chi connectivity index (χ2v) is 3.86. The lowest BCUT2D eigenvalue weighted by Crippen LogP contribution is -2.50. The number of carbonyl (C=O) groups is 1. The molecule has 0 rings (SSSR count). The summed E-state index contributed by atoms with van der Waals surface area (Å²) in [4.78, 5) is 10.8. The van der Waals surface area contributed by atoms with Gasteiger partial charge in [-0.1, -0.05) is 0 Å². The molecule has 1 atom stereocenters. The number of rotatable bonds is 7. The molecule has 0 aliphatic rings. The molecule has 0 saturated carbocycles. The van der Waals surface area contributed by atoms with Crippen LogP contribution in [0.15, 0.2) is 0 Å². The fraction of sp³-hybridized carbons (Fsp3) is 0.889. The van der Waals surface area contributed by atoms with Crippen molar-refractivity contribution in [2.45, 2.75) is 37.9 Å².